The summed E-state index contributed by atoms with van der Waals surface area (Å²) in [5.41, 5.74) is 1.68. The van der Waals surface area contributed by atoms with Gasteiger partial charge < -0.3 is 15.0 Å². The molecule has 0 radical (unpaired) electrons. The van der Waals surface area contributed by atoms with E-state index in [4.69, 9.17) is 4.74 Å². The molecule has 2 aromatic carbocycles. The van der Waals surface area contributed by atoms with Gasteiger partial charge in [0, 0.05) is 23.2 Å². The third-order valence-electron chi connectivity index (χ3n) is 3.47. The summed E-state index contributed by atoms with van der Waals surface area (Å²) in [5, 5.41) is 2.86. The van der Waals surface area contributed by atoms with Crippen LogP contribution in [-0.2, 0) is 16.1 Å². The molecule has 0 atom stereocenters. The molecule has 0 aromatic heterocycles. The molecule has 0 aliphatic rings. The summed E-state index contributed by atoms with van der Waals surface area (Å²) in [6.45, 7) is 2.80. The molecule has 0 aliphatic heterocycles. The van der Waals surface area contributed by atoms with E-state index >= 15 is 0 Å². The molecule has 132 valence electrons. The van der Waals surface area contributed by atoms with Gasteiger partial charge in [0.25, 0.3) is 0 Å². The second-order valence-corrected chi connectivity index (χ2v) is 6.32. The highest BCUT2D eigenvalue weighted by atomic mass is 79.9. The van der Waals surface area contributed by atoms with E-state index in [0.717, 1.165) is 10.0 Å². The molecular weight excluding hydrogens is 384 g/mol. The number of esters is 1. The van der Waals surface area contributed by atoms with E-state index in [1.807, 2.05) is 54.6 Å². The number of benzene rings is 2. The van der Waals surface area contributed by atoms with E-state index in [-0.39, 0.29) is 25.0 Å². The lowest BCUT2D eigenvalue weighted by Gasteiger charge is -2.23. The minimum atomic E-state index is -0.309. The van der Waals surface area contributed by atoms with Gasteiger partial charge in [-0.2, -0.15) is 0 Å². The average Bonchev–Trinajstić information content (AvgIpc) is 2.59. The fourth-order valence-electron chi connectivity index (χ4n) is 2.28. The quantitative estimate of drug-likeness (QED) is 0.693. The van der Waals surface area contributed by atoms with Crippen molar-refractivity contribution in [3.63, 3.8) is 0 Å². The summed E-state index contributed by atoms with van der Waals surface area (Å²) in [7, 11) is 0. The Morgan fingerprint density at radius 1 is 1.12 bits per heavy atom. The summed E-state index contributed by atoms with van der Waals surface area (Å²) in [4.78, 5) is 25.9. The first kappa shape index (κ1) is 19.0. The van der Waals surface area contributed by atoms with Gasteiger partial charge in [0.05, 0.1) is 13.0 Å². The number of urea groups is 1. The summed E-state index contributed by atoms with van der Waals surface area (Å²) in [6.07, 6.45) is 0.159. The fourth-order valence-corrected chi connectivity index (χ4v) is 2.68. The fraction of sp³-hybridized carbons (Fsp3) is 0.263. The Balaban J connectivity index is 2.06. The number of nitrogens with one attached hydrogen (secondary N) is 1. The van der Waals surface area contributed by atoms with Crippen molar-refractivity contribution in [3.05, 3.63) is 64.6 Å². The van der Waals surface area contributed by atoms with Crippen molar-refractivity contribution in [2.45, 2.75) is 19.9 Å². The molecule has 0 spiro atoms. The summed E-state index contributed by atoms with van der Waals surface area (Å²) in [6, 6.07) is 16.8. The lowest BCUT2D eigenvalue weighted by Crippen LogP contribution is -2.36. The summed E-state index contributed by atoms with van der Waals surface area (Å²) < 4.78 is 5.83. The Hall–Kier alpha value is -2.34. The van der Waals surface area contributed by atoms with Crippen molar-refractivity contribution in [1.82, 2.24) is 4.90 Å². The largest absolute Gasteiger partial charge is 0.466 e. The first-order valence-electron chi connectivity index (χ1n) is 8.09. The van der Waals surface area contributed by atoms with Crippen LogP contribution in [0, 0.1) is 0 Å². The molecule has 0 saturated heterocycles. The van der Waals surface area contributed by atoms with Gasteiger partial charge in [-0.05, 0) is 30.7 Å². The highest BCUT2D eigenvalue weighted by Gasteiger charge is 2.16. The van der Waals surface area contributed by atoms with Crippen LogP contribution in [0.2, 0.25) is 0 Å². The lowest BCUT2D eigenvalue weighted by atomic mass is 10.2. The highest BCUT2D eigenvalue weighted by Crippen LogP contribution is 2.17. The first-order valence-corrected chi connectivity index (χ1v) is 8.89. The average molecular weight is 405 g/mol. The molecule has 5 nitrogen and oxygen atoms in total. The summed E-state index contributed by atoms with van der Waals surface area (Å²) in [5.74, 6) is -0.309. The third-order valence-corrected chi connectivity index (χ3v) is 3.96. The van der Waals surface area contributed by atoms with Gasteiger partial charge in [-0.1, -0.05) is 52.3 Å². The monoisotopic (exact) mass is 404 g/mol. The molecule has 0 bridgehead atoms. The number of amides is 2. The van der Waals surface area contributed by atoms with E-state index in [1.165, 1.54) is 0 Å². The number of hydrogen-bond acceptors (Lipinski definition) is 3. The Morgan fingerprint density at radius 3 is 2.56 bits per heavy atom. The van der Waals surface area contributed by atoms with Crippen LogP contribution < -0.4 is 5.32 Å². The Labute approximate surface area is 156 Å². The second-order valence-electron chi connectivity index (χ2n) is 5.40. The van der Waals surface area contributed by atoms with E-state index < -0.39 is 0 Å². The van der Waals surface area contributed by atoms with Crippen LogP contribution in [0.3, 0.4) is 0 Å². The van der Waals surface area contributed by atoms with Gasteiger partial charge in [0.1, 0.15) is 0 Å². The van der Waals surface area contributed by atoms with Crippen molar-refractivity contribution < 1.29 is 14.3 Å². The molecule has 6 heteroatoms. The number of hydrogen-bond donors (Lipinski definition) is 1. The Kier molecular flexibility index (Phi) is 7.47. The molecule has 2 rings (SSSR count). The number of carbonyl (C=O) groups is 2. The minimum Gasteiger partial charge on any atom is -0.466 e. The second kappa shape index (κ2) is 9.84. The lowest BCUT2D eigenvalue weighted by molar-refractivity contribution is -0.143. The van der Waals surface area contributed by atoms with E-state index in [9.17, 15) is 9.59 Å². The van der Waals surface area contributed by atoms with Crippen LogP contribution in [0.4, 0.5) is 10.5 Å². The molecule has 25 heavy (non-hydrogen) atoms. The third kappa shape index (κ3) is 6.58. The molecule has 0 heterocycles. The van der Waals surface area contributed by atoms with Gasteiger partial charge in [-0.15, -0.1) is 0 Å². The zero-order valence-electron chi connectivity index (χ0n) is 14.1. The molecule has 2 amide bonds. The van der Waals surface area contributed by atoms with Crippen LogP contribution >= 0.6 is 15.9 Å². The van der Waals surface area contributed by atoms with E-state index in [0.29, 0.717) is 18.8 Å². The minimum absolute atomic E-state index is 0.159. The van der Waals surface area contributed by atoms with E-state index in [1.54, 1.807) is 11.8 Å². The van der Waals surface area contributed by atoms with Crippen molar-refractivity contribution >= 4 is 33.6 Å². The van der Waals surface area contributed by atoms with E-state index in [2.05, 4.69) is 21.2 Å². The molecule has 0 aliphatic carbocycles. The van der Waals surface area contributed by atoms with Crippen LogP contribution in [0.1, 0.15) is 18.9 Å². The molecule has 0 unspecified atom stereocenters. The predicted molar refractivity (Wildman–Crippen MR) is 101 cm³/mol. The number of nitrogens with zero attached hydrogens (tertiary/aromatic N) is 1. The van der Waals surface area contributed by atoms with Gasteiger partial charge in [-0.25, -0.2) is 4.79 Å². The number of rotatable bonds is 7. The van der Waals surface area contributed by atoms with Crippen LogP contribution in [0.5, 0.6) is 0 Å². The normalized spacial score (nSPS) is 10.2. The smallest absolute Gasteiger partial charge is 0.322 e. The van der Waals surface area contributed by atoms with Crippen molar-refractivity contribution in [3.8, 4) is 0 Å². The van der Waals surface area contributed by atoms with Gasteiger partial charge in [-0.3, -0.25) is 4.79 Å². The Morgan fingerprint density at radius 2 is 1.88 bits per heavy atom. The molecule has 2 aromatic rings. The molecule has 0 saturated carbocycles. The van der Waals surface area contributed by atoms with Crippen molar-refractivity contribution in [2.24, 2.45) is 0 Å². The maximum Gasteiger partial charge on any atom is 0.322 e. The molecular formula is C19H21BrN2O3. The standard InChI is InChI=1S/C19H21BrN2O3/c1-2-25-18(23)11-12-22(14-15-7-4-3-5-8-15)19(24)21-17-10-6-9-16(20)13-17/h3-10,13H,2,11-12,14H2,1H3,(H,21,24). The number of halogens is 1. The number of carbonyl (C=O) groups excluding carboxylic acids is 2. The van der Waals surface area contributed by atoms with Gasteiger partial charge in [0.2, 0.25) is 0 Å². The van der Waals surface area contributed by atoms with Gasteiger partial charge in [0.15, 0.2) is 0 Å². The molecule has 1 N–H and O–H groups in total. The van der Waals surface area contributed by atoms with Crippen LogP contribution in [0.25, 0.3) is 0 Å². The zero-order chi connectivity index (χ0) is 18.1. The van der Waals surface area contributed by atoms with Crippen LogP contribution in [0.15, 0.2) is 59.1 Å². The topological polar surface area (TPSA) is 58.6 Å². The highest BCUT2D eigenvalue weighted by molar-refractivity contribution is 9.10. The summed E-state index contributed by atoms with van der Waals surface area (Å²) >= 11 is 3.38. The Bertz CT molecular complexity index is 707. The number of anilines is 1. The van der Waals surface area contributed by atoms with Crippen LogP contribution in [-0.4, -0.2) is 30.1 Å². The first-order chi connectivity index (χ1) is 12.1. The SMILES string of the molecule is CCOC(=O)CCN(Cc1ccccc1)C(=O)Nc1cccc(Br)c1. The molecule has 0 fully saturated rings. The van der Waals surface area contributed by atoms with Crippen molar-refractivity contribution in [1.29, 1.82) is 0 Å². The predicted octanol–water partition coefficient (Wildman–Crippen LogP) is 4.44. The maximum atomic E-state index is 12.6. The zero-order valence-corrected chi connectivity index (χ0v) is 15.7. The van der Waals surface area contributed by atoms with Gasteiger partial charge >= 0.3 is 12.0 Å². The van der Waals surface area contributed by atoms with Crippen molar-refractivity contribution in [2.75, 3.05) is 18.5 Å². The maximum absolute atomic E-state index is 12.6. The number of ether oxygens (including phenoxy) is 1.